The molecule has 0 aromatic heterocycles. The summed E-state index contributed by atoms with van der Waals surface area (Å²) >= 11 is 0. The average molecular weight is 218 g/mol. The molecule has 1 aliphatic rings. The van der Waals surface area contributed by atoms with Gasteiger partial charge in [-0.05, 0) is 43.5 Å². The van der Waals surface area contributed by atoms with Crippen LogP contribution in [0.1, 0.15) is 32.6 Å². The van der Waals surface area contributed by atoms with Gasteiger partial charge in [-0.2, -0.15) is 0 Å². The lowest BCUT2D eigenvalue weighted by atomic mass is 9.93. The number of benzene rings is 1. The summed E-state index contributed by atoms with van der Waals surface area (Å²) in [5, 5.41) is 6.29. The van der Waals surface area contributed by atoms with E-state index in [1.54, 1.807) is 0 Å². The Morgan fingerprint density at radius 3 is 2.38 bits per heavy atom. The molecule has 0 spiro atoms. The maximum Gasteiger partial charge on any atom is 0.224 e. The van der Waals surface area contributed by atoms with E-state index >= 15 is 0 Å². The number of carbonyl (C=O) groups excluding carboxylic acids is 1. The van der Waals surface area contributed by atoms with Crippen molar-refractivity contribution in [2.75, 3.05) is 10.6 Å². The second-order valence-corrected chi connectivity index (χ2v) is 4.25. The number of nitrogens with one attached hydrogen (secondary N) is 2. The molecule has 0 radical (unpaired) electrons. The monoisotopic (exact) mass is 218 g/mol. The second-order valence-electron chi connectivity index (χ2n) is 4.25. The van der Waals surface area contributed by atoms with Crippen molar-refractivity contribution in [3.05, 3.63) is 24.3 Å². The summed E-state index contributed by atoms with van der Waals surface area (Å²) in [6, 6.07) is 8.56. The Morgan fingerprint density at radius 2 is 1.88 bits per heavy atom. The van der Waals surface area contributed by atoms with Crippen LogP contribution in [-0.2, 0) is 4.79 Å². The summed E-state index contributed by atoms with van der Waals surface area (Å²) < 4.78 is 0. The summed E-state index contributed by atoms with van der Waals surface area (Å²) in [5.74, 6) is 0.0553. The molecule has 1 aliphatic carbocycles. The second kappa shape index (κ2) is 5.01. The molecule has 86 valence electrons. The predicted octanol–water partition coefficient (Wildman–Crippen LogP) is 3.00. The Bertz CT molecular complexity index is 355. The Labute approximate surface area is 96.2 Å². The van der Waals surface area contributed by atoms with E-state index < -0.39 is 0 Å². The van der Waals surface area contributed by atoms with Crippen molar-refractivity contribution >= 4 is 17.3 Å². The first-order chi connectivity index (χ1) is 7.78. The van der Waals surface area contributed by atoms with Crippen LogP contribution in [0.15, 0.2) is 24.3 Å². The van der Waals surface area contributed by atoms with Gasteiger partial charge >= 0.3 is 0 Å². The van der Waals surface area contributed by atoms with Crippen molar-refractivity contribution in [1.29, 1.82) is 0 Å². The molecule has 1 aromatic carbocycles. The molecular weight excluding hydrogens is 200 g/mol. The number of carbonyl (C=O) groups is 1. The van der Waals surface area contributed by atoms with Gasteiger partial charge in [0.1, 0.15) is 0 Å². The van der Waals surface area contributed by atoms with Crippen LogP contribution < -0.4 is 10.6 Å². The Balaban J connectivity index is 1.90. The summed E-state index contributed by atoms with van der Waals surface area (Å²) in [5.41, 5.74) is 2.00. The number of amides is 1. The zero-order valence-corrected chi connectivity index (χ0v) is 9.62. The van der Waals surface area contributed by atoms with E-state index in [2.05, 4.69) is 10.6 Å². The van der Waals surface area contributed by atoms with Gasteiger partial charge in [0.05, 0.1) is 0 Å². The highest BCUT2D eigenvalue weighted by Gasteiger charge is 2.16. The van der Waals surface area contributed by atoms with Gasteiger partial charge in [-0.1, -0.05) is 6.92 Å². The quantitative estimate of drug-likeness (QED) is 0.815. The van der Waals surface area contributed by atoms with Crippen LogP contribution in [-0.4, -0.2) is 11.9 Å². The molecule has 1 fully saturated rings. The Kier molecular flexibility index (Phi) is 3.44. The normalized spacial score (nSPS) is 15.3. The molecule has 0 heterocycles. The first-order valence-electron chi connectivity index (χ1n) is 5.94. The van der Waals surface area contributed by atoms with E-state index in [0.29, 0.717) is 12.5 Å². The first-order valence-corrected chi connectivity index (χ1v) is 5.94. The lowest BCUT2D eigenvalue weighted by Crippen LogP contribution is -2.26. The lowest BCUT2D eigenvalue weighted by Gasteiger charge is -2.27. The maximum atomic E-state index is 11.2. The van der Waals surface area contributed by atoms with Gasteiger partial charge < -0.3 is 10.6 Å². The Hall–Kier alpha value is -1.51. The highest BCUT2D eigenvalue weighted by atomic mass is 16.1. The van der Waals surface area contributed by atoms with E-state index in [1.807, 2.05) is 31.2 Å². The number of rotatable bonds is 4. The van der Waals surface area contributed by atoms with Crippen molar-refractivity contribution < 1.29 is 4.79 Å². The van der Waals surface area contributed by atoms with Crippen LogP contribution in [0, 0.1) is 0 Å². The largest absolute Gasteiger partial charge is 0.382 e. The first kappa shape index (κ1) is 11.0. The van der Waals surface area contributed by atoms with E-state index in [4.69, 9.17) is 0 Å². The minimum Gasteiger partial charge on any atom is -0.382 e. The molecular formula is C13H18N2O. The summed E-state index contributed by atoms with van der Waals surface area (Å²) in [7, 11) is 0. The van der Waals surface area contributed by atoms with Crippen LogP contribution in [0.5, 0.6) is 0 Å². The number of anilines is 2. The highest BCUT2D eigenvalue weighted by molar-refractivity contribution is 5.90. The number of hydrogen-bond acceptors (Lipinski definition) is 2. The van der Waals surface area contributed by atoms with Crippen LogP contribution in [0.25, 0.3) is 0 Å². The molecule has 0 bridgehead atoms. The Morgan fingerprint density at radius 1 is 1.25 bits per heavy atom. The molecule has 0 aliphatic heterocycles. The van der Waals surface area contributed by atoms with Gasteiger partial charge in [0, 0.05) is 23.8 Å². The van der Waals surface area contributed by atoms with Gasteiger partial charge in [0.25, 0.3) is 0 Å². The smallest absolute Gasteiger partial charge is 0.224 e. The van der Waals surface area contributed by atoms with Crippen molar-refractivity contribution in [3.63, 3.8) is 0 Å². The third-order valence-corrected chi connectivity index (χ3v) is 2.97. The molecule has 2 N–H and O–H groups in total. The molecule has 1 aromatic rings. The van der Waals surface area contributed by atoms with E-state index in [0.717, 1.165) is 11.4 Å². The minimum atomic E-state index is 0.0553. The SMILES string of the molecule is CCC(=O)Nc1ccc(NC2CCC2)cc1. The average Bonchev–Trinajstić information content (AvgIpc) is 2.25. The van der Waals surface area contributed by atoms with E-state index in [1.165, 1.54) is 19.3 Å². The fraction of sp³-hybridized carbons (Fsp3) is 0.462. The van der Waals surface area contributed by atoms with Gasteiger partial charge in [-0.3, -0.25) is 4.79 Å². The minimum absolute atomic E-state index is 0.0553. The lowest BCUT2D eigenvalue weighted by molar-refractivity contribution is -0.115. The van der Waals surface area contributed by atoms with Gasteiger partial charge in [-0.15, -0.1) is 0 Å². The highest BCUT2D eigenvalue weighted by Crippen LogP contribution is 2.23. The predicted molar refractivity (Wildman–Crippen MR) is 66.6 cm³/mol. The zero-order valence-electron chi connectivity index (χ0n) is 9.62. The molecule has 1 saturated carbocycles. The molecule has 0 unspecified atom stereocenters. The topological polar surface area (TPSA) is 41.1 Å². The van der Waals surface area contributed by atoms with Gasteiger partial charge in [0.2, 0.25) is 5.91 Å². The van der Waals surface area contributed by atoms with Crippen molar-refractivity contribution in [2.45, 2.75) is 38.6 Å². The fourth-order valence-electron chi connectivity index (χ4n) is 1.69. The number of hydrogen-bond donors (Lipinski definition) is 2. The maximum absolute atomic E-state index is 11.2. The van der Waals surface area contributed by atoms with E-state index in [9.17, 15) is 4.79 Å². The van der Waals surface area contributed by atoms with Gasteiger partial charge in [-0.25, -0.2) is 0 Å². The third-order valence-electron chi connectivity index (χ3n) is 2.97. The third kappa shape index (κ3) is 2.75. The summed E-state index contributed by atoms with van der Waals surface area (Å²) in [6.07, 6.45) is 4.40. The molecule has 3 nitrogen and oxygen atoms in total. The fourth-order valence-corrected chi connectivity index (χ4v) is 1.69. The summed E-state index contributed by atoms with van der Waals surface area (Å²) in [4.78, 5) is 11.2. The van der Waals surface area contributed by atoms with Crippen LogP contribution in [0.2, 0.25) is 0 Å². The molecule has 2 rings (SSSR count). The van der Waals surface area contributed by atoms with Gasteiger partial charge in [0.15, 0.2) is 0 Å². The molecule has 1 amide bonds. The molecule has 3 heteroatoms. The van der Waals surface area contributed by atoms with E-state index in [-0.39, 0.29) is 5.91 Å². The standard InChI is InChI=1S/C13H18N2O/c1-2-13(16)15-12-8-6-11(7-9-12)14-10-4-3-5-10/h6-10,14H,2-5H2,1H3,(H,15,16). The summed E-state index contributed by atoms with van der Waals surface area (Å²) in [6.45, 7) is 1.85. The molecule has 0 atom stereocenters. The van der Waals surface area contributed by atoms with Crippen molar-refractivity contribution in [2.24, 2.45) is 0 Å². The molecule has 0 saturated heterocycles. The van der Waals surface area contributed by atoms with Crippen LogP contribution >= 0.6 is 0 Å². The van der Waals surface area contributed by atoms with Crippen molar-refractivity contribution in [1.82, 2.24) is 0 Å². The zero-order chi connectivity index (χ0) is 11.4. The van der Waals surface area contributed by atoms with Crippen LogP contribution in [0.3, 0.4) is 0 Å². The van der Waals surface area contributed by atoms with Crippen molar-refractivity contribution in [3.8, 4) is 0 Å². The molecule has 16 heavy (non-hydrogen) atoms. The van der Waals surface area contributed by atoms with Crippen LogP contribution in [0.4, 0.5) is 11.4 Å².